The summed E-state index contributed by atoms with van der Waals surface area (Å²) < 4.78 is 11.5. The van der Waals surface area contributed by atoms with E-state index in [1.165, 1.54) is 11.6 Å². The van der Waals surface area contributed by atoms with Gasteiger partial charge >= 0.3 is 0 Å². The lowest BCUT2D eigenvalue weighted by atomic mass is 9.76. The van der Waals surface area contributed by atoms with Crippen molar-refractivity contribution in [3.8, 4) is 11.5 Å². The molecule has 0 bridgehead atoms. The van der Waals surface area contributed by atoms with Gasteiger partial charge in [0.05, 0.1) is 29.8 Å². The minimum Gasteiger partial charge on any atom is -0.494 e. The second kappa shape index (κ2) is 8.62. The van der Waals surface area contributed by atoms with Gasteiger partial charge < -0.3 is 14.8 Å². The molecule has 3 unspecified atom stereocenters. The highest BCUT2D eigenvalue weighted by molar-refractivity contribution is 5.71. The molecule has 0 radical (unpaired) electrons. The SMILES string of the molecule is COc1cc([N+](=O)[O-])cc2c1NC(c1ccc(OCc3ccc(C)cc3)cc1)C1CC=CC21. The Hall–Kier alpha value is -3.80. The monoisotopic (exact) mass is 442 g/mol. The fourth-order valence-electron chi connectivity index (χ4n) is 4.87. The van der Waals surface area contributed by atoms with Crippen LogP contribution in [0.4, 0.5) is 11.4 Å². The van der Waals surface area contributed by atoms with Crippen LogP contribution < -0.4 is 14.8 Å². The van der Waals surface area contributed by atoms with Crippen LogP contribution in [0.2, 0.25) is 0 Å². The number of rotatable bonds is 6. The molecule has 3 atom stereocenters. The standard InChI is InChI=1S/C27H26N2O4/c1-17-6-8-18(9-7-17)16-33-21-12-10-19(11-13-21)26-23-5-3-4-22(23)24-14-20(29(30)31)15-25(32-2)27(24)28-26/h3-4,6-15,22-23,26,28H,5,16H2,1-2H3. The lowest BCUT2D eigenvalue weighted by Crippen LogP contribution is -2.29. The molecular formula is C27H26N2O4. The molecule has 0 aromatic heterocycles. The number of ether oxygens (including phenoxy) is 2. The molecule has 0 amide bonds. The van der Waals surface area contributed by atoms with Gasteiger partial charge in [-0.2, -0.15) is 0 Å². The number of hydrogen-bond acceptors (Lipinski definition) is 5. The molecule has 0 spiro atoms. The van der Waals surface area contributed by atoms with E-state index in [0.717, 1.165) is 34.5 Å². The van der Waals surface area contributed by atoms with Crippen LogP contribution in [0.25, 0.3) is 0 Å². The predicted molar refractivity (Wildman–Crippen MR) is 128 cm³/mol. The maximum absolute atomic E-state index is 11.4. The van der Waals surface area contributed by atoms with Gasteiger partial charge in [0.1, 0.15) is 18.1 Å². The van der Waals surface area contributed by atoms with Gasteiger partial charge in [-0.3, -0.25) is 10.1 Å². The van der Waals surface area contributed by atoms with E-state index in [9.17, 15) is 10.1 Å². The van der Waals surface area contributed by atoms with Crippen LogP contribution in [0.3, 0.4) is 0 Å². The van der Waals surface area contributed by atoms with E-state index in [0.29, 0.717) is 12.4 Å². The number of fused-ring (bicyclic) bond motifs is 3. The highest BCUT2D eigenvalue weighted by atomic mass is 16.6. The van der Waals surface area contributed by atoms with Crippen LogP contribution >= 0.6 is 0 Å². The van der Waals surface area contributed by atoms with E-state index in [-0.39, 0.29) is 28.5 Å². The first-order chi connectivity index (χ1) is 16.0. The van der Waals surface area contributed by atoms with Crippen molar-refractivity contribution >= 4 is 11.4 Å². The minimum absolute atomic E-state index is 0.0555. The summed E-state index contributed by atoms with van der Waals surface area (Å²) in [6.07, 6.45) is 5.25. The van der Waals surface area contributed by atoms with E-state index < -0.39 is 0 Å². The molecule has 1 N–H and O–H groups in total. The first-order valence-corrected chi connectivity index (χ1v) is 11.1. The molecule has 6 nitrogen and oxygen atoms in total. The first kappa shape index (κ1) is 21.1. The fourth-order valence-corrected chi connectivity index (χ4v) is 4.87. The Morgan fingerprint density at radius 1 is 1.09 bits per heavy atom. The van der Waals surface area contributed by atoms with Crippen molar-refractivity contribution < 1.29 is 14.4 Å². The Bertz CT molecular complexity index is 1200. The average molecular weight is 443 g/mol. The average Bonchev–Trinajstić information content (AvgIpc) is 3.33. The Kier molecular flexibility index (Phi) is 5.50. The van der Waals surface area contributed by atoms with Gasteiger partial charge in [-0.15, -0.1) is 0 Å². The van der Waals surface area contributed by atoms with E-state index in [1.807, 2.05) is 12.1 Å². The first-order valence-electron chi connectivity index (χ1n) is 11.1. The number of anilines is 1. The maximum atomic E-state index is 11.4. The number of nitrogens with one attached hydrogen (secondary N) is 1. The Morgan fingerprint density at radius 2 is 1.85 bits per heavy atom. The smallest absolute Gasteiger partial charge is 0.273 e. The van der Waals surface area contributed by atoms with Gasteiger partial charge in [0.25, 0.3) is 5.69 Å². The summed E-state index contributed by atoms with van der Waals surface area (Å²) in [7, 11) is 1.55. The highest BCUT2D eigenvalue weighted by Gasteiger charge is 2.40. The van der Waals surface area contributed by atoms with Crippen molar-refractivity contribution in [1.82, 2.24) is 0 Å². The van der Waals surface area contributed by atoms with Crippen molar-refractivity contribution in [1.29, 1.82) is 0 Å². The van der Waals surface area contributed by atoms with Gasteiger partial charge in [-0.05, 0) is 48.1 Å². The lowest BCUT2D eigenvalue weighted by molar-refractivity contribution is -0.385. The van der Waals surface area contributed by atoms with Crippen LogP contribution in [0.5, 0.6) is 11.5 Å². The third kappa shape index (κ3) is 4.04. The van der Waals surface area contributed by atoms with E-state index in [2.05, 4.69) is 60.8 Å². The zero-order valence-corrected chi connectivity index (χ0v) is 18.7. The Labute approximate surface area is 193 Å². The molecule has 1 heterocycles. The van der Waals surface area contributed by atoms with Gasteiger partial charge in [-0.25, -0.2) is 0 Å². The van der Waals surface area contributed by atoms with E-state index in [1.54, 1.807) is 13.2 Å². The molecule has 1 aliphatic heterocycles. The number of allylic oxidation sites excluding steroid dienone is 2. The van der Waals surface area contributed by atoms with Gasteiger partial charge in [0.15, 0.2) is 0 Å². The second-order valence-corrected chi connectivity index (χ2v) is 8.69. The number of nitrogens with zero attached hydrogens (tertiary/aromatic N) is 1. The lowest BCUT2D eigenvalue weighted by Gasteiger charge is -2.38. The summed E-state index contributed by atoms with van der Waals surface area (Å²) in [5, 5.41) is 15.0. The minimum atomic E-state index is -0.363. The van der Waals surface area contributed by atoms with Gasteiger partial charge in [-0.1, -0.05) is 54.1 Å². The van der Waals surface area contributed by atoms with Gasteiger partial charge in [0, 0.05) is 12.0 Å². The molecule has 6 heteroatoms. The predicted octanol–water partition coefficient (Wildman–Crippen LogP) is 6.32. The molecule has 168 valence electrons. The molecule has 3 aromatic carbocycles. The zero-order chi connectivity index (χ0) is 22.9. The number of nitro benzene ring substituents is 1. The normalized spacial score (nSPS) is 20.5. The third-order valence-corrected chi connectivity index (χ3v) is 6.61. The van der Waals surface area contributed by atoms with Gasteiger partial charge in [0.2, 0.25) is 0 Å². The van der Waals surface area contributed by atoms with E-state index >= 15 is 0 Å². The number of hydrogen-bond donors (Lipinski definition) is 1. The van der Waals surface area contributed by atoms with Crippen LogP contribution in [-0.2, 0) is 6.61 Å². The molecule has 33 heavy (non-hydrogen) atoms. The van der Waals surface area contributed by atoms with Crippen molar-refractivity contribution in [2.45, 2.75) is 31.9 Å². The molecule has 0 saturated carbocycles. The number of aryl methyl sites for hydroxylation is 1. The summed E-state index contributed by atoms with van der Waals surface area (Å²) in [6, 6.07) is 19.8. The number of nitro groups is 1. The Balaban J connectivity index is 1.39. The maximum Gasteiger partial charge on any atom is 0.273 e. The zero-order valence-electron chi connectivity index (χ0n) is 18.7. The highest BCUT2D eigenvalue weighted by Crippen LogP contribution is 2.53. The number of methoxy groups -OCH3 is 1. The van der Waals surface area contributed by atoms with Crippen LogP contribution in [0.1, 0.15) is 40.6 Å². The van der Waals surface area contributed by atoms with Crippen LogP contribution in [0, 0.1) is 23.0 Å². The van der Waals surface area contributed by atoms with Crippen molar-refractivity contribution in [2.75, 3.05) is 12.4 Å². The second-order valence-electron chi connectivity index (χ2n) is 8.69. The van der Waals surface area contributed by atoms with Crippen molar-refractivity contribution in [3.63, 3.8) is 0 Å². The molecule has 0 fully saturated rings. The largest absolute Gasteiger partial charge is 0.494 e. The third-order valence-electron chi connectivity index (χ3n) is 6.61. The summed E-state index contributed by atoms with van der Waals surface area (Å²) >= 11 is 0. The topological polar surface area (TPSA) is 73.6 Å². The number of benzene rings is 3. The summed E-state index contributed by atoms with van der Waals surface area (Å²) in [5.74, 6) is 1.71. The molecule has 5 rings (SSSR count). The van der Waals surface area contributed by atoms with Crippen molar-refractivity contribution in [2.24, 2.45) is 5.92 Å². The Morgan fingerprint density at radius 3 is 2.55 bits per heavy atom. The summed E-state index contributed by atoms with van der Waals surface area (Å²) in [5.41, 5.74) is 5.34. The fraction of sp³-hybridized carbons (Fsp3) is 0.259. The molecular weight excluding hydrogens is 416 g/mol. The number of non-ortho nitro benzene ring substituents is 1. The van der Waals surface area contributed by atoms with Crippen molar-refractivity contribution in [3.05, 3.63) is 105 Å². The molecule has 1 aliphatic carbocycles. The van der Waals surface area contributed by atoms with Crippen LogP contribution in [-0.4, -0.2) is 12.0 Å². The van der Waals surface area contributed by atoms with Crippen LogP contribution in [0.15, 0.2) is 72.8 Å². The summed E-state index contributed by atoms with van der Waals surface area (Å²) in [4.78, 5) is 11.1. The molecule has 0 saturated heterocycles. The molecule has 3 aromatic rings. The van der Waals surface area contributed by atoms with E-state index in [4.69, 9.17) is 9.47 Å². The summed E-state index contributed by atoms with van der Waals surface area (Å²) in [6.45, 7) is 2.60. The molecule has 2 aliphatic rings. The quantitative estimate of drug-likeness (QED) is 0.275.